The zero-order valence-corrected chi connectivity index (χ0v) is 16.1. The number of hydrogen-bond acceptors (Lipinski definition) is 3. The van der Waals surface area contributed by atoms with Crippen molar-refractivity contribution in [1.82, 2.24) is 5.32 Å². The van der Waals surface area contributed by atoms with Crippen molar-refractivity contribution in [3.8, 4) is 0 Å². The lowest BCUT2D eigenvalue weighted by atomic mass is 9.82. The standard InChI is InChI=1S/C19H26FNO2S/c1-18(2,3)11-19(4,5)21-17(22)16-12(10-23-6)15-13(20)8-7-9-14(15)24-16/h7-9H,10-11H2,1-6H3,(H,21,22). The van der Waals surface area contributed by atoms with E-state index in [1.54, 1.807) is 13.2 Å². The second-order valence-corrected chi connectivity index (χ2v) is 9.08. The highest BCUT2D eigenvalue weighted by Crippen LogP contribution is 2.34. The van der Waals surface area contributed by atoms with Crippen LogP contribution in [0.15, 0.2) is 18.2 Å². The quantitative estimate of drug-likeness (QED) is 0.811. The Morgan fingerprint density at radius 1 is 1.25 bits per heavy atom. The Balaban J connectivity index is 2.39. The number of ether oxygens (including phenoxy) is 1. The van der Waals surface area contributed by atoms with Crippen LogP contribution in [0.25, 0.3) is 10.1 Å². The van der Waals surface area contributed by atoms with Gasteiger partial charge >= 0.3 is 0 Å². The van der Waals surface area contributed by atoms with E-state index in [-0.39, 0.29) is 29.3 Å². The zero-order valence-electron chi connectivity index (χ0n) is 15.2. The topological polar surface area (TPSA) is 38.3 Å². The van der Waals surface area contributed by atoms with Crippen LogP contribution < -0.4 is 5.32 Å². The summed E-state index contributed by atoms with van der Waals surface area (Å²) in [5, 5.41) is 3.59. The minimum Gasteiger partial charge on any atom is -0.380 e. The predicted octanol–water partition coefficient (Wildman–Crippen LogP) is 5.13. The minimum atomic E-state index is -0.353. The molecule has 0 aliphatic rings. The van der Waals surface area contributed by atoms with Crippen molar-refractivity contribution in [3.63, 3.8) is 0 Å². The third-order valence-corrected chi connectivity index (χ3v) is 4.88. The van der Waals surface area contributed by atoms with Crippen molar-refractivity contribution >= 4 is 27.3 Å². The summed E-state index contributed by atoms with van der Waals surface area (Å²) in [4.78, 5) is 13.4. The molecular weight excluding hydrogens is 325 g/mol. The van der Waals surface area contributed by atoms with Crippen LogP contribution in [0.2, 0.25) is 0 Å². The molecule has 0 atom stereocenters. The summed E-state index contributed by atoms with van der Waals surface area (Å²) in [5.74, 6) is -0.485. The molecular formula is C19H26FNO2S. The van der Waals surface area contributed by atoms with Crippen LogP contribution in [0.3, 0.4) is 0 Å². The van der Waals surface area contributed by atoms with E-state index in [1.165, 1.54) is 17.4 Å². The lowest BCUT2D eigenvalue weighted by molar-refractivity contribution is 0.0891. The number of hydrogen-bond donors (Lipinski definition) is 1. The van der Waals surface area contributed by atoms with Crippen LogP contribution in [0.4, 0.5) is 4.39 Å². The molecule has 0 aliphatic heterocycles. The lowest BCUT2D eigenvalue weighted by Crippen LogP contribution is -2.45. The first kappa shape index (κ1) is 18.9. The number of amides is 1. The fraction of sp³-hybridized carbons (Fsp3) is 0.526. The molecule has 1 heterocycles. The monoisotopic (exact) mass is 351 g/mol. The maximum Gasteiger partial charge on any atom is 0.262 e. The molecule has 0 spiro atoms. The Kier molecular flexibility index (Phi) is 5.35. The Morgan fingerprint density at radius 3 is 2.50 bits per heavy atom. The molecule has 2 rings (SSSR count). The molecule has 0 fully saturated rings. The van der Waals surface area contributed by atoms with Crippen molar-refractivity contribution in [3.05, 3.63) is 34.5 Å². The number of thiophene rings is 1. The summed E-state index contributed by atoms with van der Waals surface area (Å²) in [6, 6.07) is 4.91. The molecule has 1 aromatic heterocycles. The van der Waals surface area contributed by atoms with Crippen molar-refractivity contribution in [2.24, 2.45) is 5.41 Å². The van der Waals surface area contributed by atoms with Gasteiger partial charge in [0.2, 0.25) is 0 Å². The molecule has 0 aliphatic carbocycles. The van der Waals surface area contributed by atoms with Crippen LogP contribution >= 0.6 is 11.3 Å². The molecule has 1 N–H and O–H groups in total. The summed E-state index contributed by atoms with van der Waals surface area (Å²) >= 11 is 1.31. The largest absolute Gasteiger partial charge is 0.380 e. The van der Waals surface area contributed by atoms with Gasteiger partial charge in [-0.25, -0.2) is 4.39 Å². The van der Waals surface area contributed by atoms with Gasteiger partial charge in [-0.3, -0.25) is 4.79 Å². The number of nitrogens with one attached hydrogen (secondary N) is 1. The molecule has 0 radical (unpaired) electrons. The van der Waals surface area contributed by atoms with Crippen molar-refractivity contribution in [1.29, 1.82) is 0 Å². The maximum absolute atomic E-state index is 14.2. The summed E-state index contributed by atoms with van der Waals surface area (Å²) in [6.07, 6.45) is 0.838. The predicted molar refractivity (Wildman–Crippen MR) is 98.1 cm³/mol. The zero-order chi connectivity index (χ0) is 18.1. The van der Waals surface area contributed by atoms with Crippen LogP contribution in [0.1, 0.15) is 56.3 Å². The Morgan fingerprint density at radius 2 is 1.92 bits per heavy atom. The summed E-state index contributed by atoms with van der Waals surface area (Å²) in [6.45, 7) is 10.7. The summed E-state index contributed by atoms with van der Waals surface area (Å²) < 4.78 is 20.2. The van der Waals surface area contributed by atoms with Gasteiger partial charge in [0.1, 0.15) is 5.82 Å². The fourth-order valence-electron chi connectivity index (χ4n) is 3.37. The lowest BCUT2D eigenvalue weighted by Gasteiger charge is -2.33. The molecule has 3 nitrogen and oxygen atoms in total. The molecule has 0 saturated heterocycles. The van der Waals surface area contributed by atoms with Gasteiger partial charge in [0.25, 0.3) is 5.91 Å². The molecule has 0 bridgehead atoms. The van der Waals surface area contributed by atoms with Crippen molar-refractivity contribution < 1.29 is 13.9 Å². The number of rotatable bonds is 5. The van der Waals surface area contributed by atoms with Gasteiger partial charge < -0.3 is 10.1 Å². The molecule has 24 heavy (non-hydrogen) atoms. The van der Waals surface area contributed by atoms with E-state index in [0.29, 0.717) is 15.8 Å². The SMILES string of the molecule is COCc1c(C(=O)NC(C)(C)CC(C)(C)C)sc2cccc(F)c12. The first-order chi connectivity index (χ1) is 11.0. The van der Waals surface area contributed by atoms with Gasteiger partial charge in [-0.1, -0.05) is 26.8 Å². The molecule has 1 amide bonds. The number of carbonyl (C=O) groups excluding carboxylic acids is 1. The third kappa shape index (κ3) is 4.33. The van der Waals surface area contributed by atoms with Gasteiger partial charge in [0.15, 0.2) is 0 Å². The normalized spacial score (nSPS) is 12.6. The number of benzene rings is 1. The molecule has 2 aromatic rings. The second kappa shape index (κ2) is 6.81. The molecule has 0 unspecified atom stereocenters. The Hall–Kier alpha value is -1.46. The van der Waals surface area contributed by atoms with Gasteiger partial charge in [0, 0.05) is 28.3 Å². The van der Waals surface area contributed by atoms with Gasteiger partial charge in [-0.05, 0) is 37.8 Å². The smallest absolute Gasteiger partial charge is 0.262 e. The average Bonchev–Trinajstić information content (AvgIpc) is 2.76. The van der Waals surface area contributed by atoms with E-state index in [2.05, 4.69) is 26.1 Å². The van der Waals surface area contributed by atoms with Gasteiger partial charge in [0.05, 0.1) is 11.5 Å². The summed E-state index contributed by atoms with van der Waals surface area (Å²) in [5.41, 5.74) is 0.368. The molecule has 0 saturated carbocycles. The number of carbonyl (C=O) groups is 1. The first-order valence-corrected chi connectivity index (χ1v) is 8.87. The number of fused-ring (bicyclic) bond motifs is 1. The van der Waals surface area contributed by atoms with Crippen LogP contribution in [-0.4, -0.2) is 18.6 Å². The van der Waals surface area contributed by atoms with Gasteiger partial charge in [-0.2, -0.15) is 0 Å². The van der Waals surface area contributed by atoms with Crippen LogP contribution in [0.5, 0.6) is 0 Å². The third-order valence-electron chi connectivity index (χ3n) is 3.68. The molecule has 132 valence electrons. The molecule has 1 aromatic carbocycles. The van der Waals surface area contributed by atoms with Crippen LogP contribution in [-0.2, 0) is 11.3 Å². The summed E-state index contributed by atoms with van der Waals surface area (Å²) in [7, 11) is 1.55. The van der Waals surface area contributed by atoms with E-state index in [0.717, 1.165) is 11.1 Å². The average molecular weight is 351 g/mol. The van der Waals surface area contributed by atoms with Crippen molar-refractivity contribution in [2.45, 2.75) is 53.2 Å². The second-order valence-electron chi connectivity index (χ2n) is 8.03. The van der Waals surface area contributed by atoms with Crippen molar-refractivity contribution in [2.75, 3.05) is 7.11 Å². The van der Waals surface area contributed by atoms with E-state index in [9.17, 15) is 9.18 Å². The van der Waals surface area contributed by atoms with E-state index < -0.39 is 0 Å². The number of methoxy groups -OCH3 is 1. The van der Waals surface area contributed by atoms with Crippen LogP contribution in [0, 0.1) is 11.2 Å². The minimum absolute atomic E-state index is 0.0956. The molecule has 5 heteroatoms. The Bertz CT molecular complexity index is 744. The Labute approximate surface area is 147 Å². The fourth-order valence-corrected chi connectivity index (χ4v) is 4.48. The van der Waals surface area contributed by atoms with Gasteiger partial charge in [-0.15, -0.1) is 11.3 Å². The number of halogens is 1. The van der Waals surface area contributed by atoms with E-state index >= 15 is 0 Å². The highest BCUT2D eigenvalue weighted by Gasteiger charge is 2.29. The first-order valence-electron chi connectivity index (χ1n) is 8.05. The van der Waals surface area contributed by atoms with E-state index in [4.69, 9.17) is 4.74 Å². The highest BCUT2D eigenvalue weighted by molar-refractivity contribution is 7.21. The highest BCUT2D eigenvalue weighted by atomic mass is 32.1. The maximum atomic E-state index is 14.2. The van der Waals surface area contributed by atoms with E-state index in [1.807, 2.05) is 19.9 Å².